The van der Waals surface area contributed by atoms with E-state index in [2.05, 4.69) is 0 Å². The van der Waals surface area contributed by atoms with Gasteiger partial charge < -0.3 is 23.7 Å². The molecule has 8 heteroatoms. The smallest absolute Gasteiger partial charge is 0.317 e. The Labute approximate surface area is 230 Å². The Balaban J connectivity index is -0.0000000978. The summed E-state index contributed by atoms with van der Waals surface area (Å²) in [6, 6.07) is 0. The highest BCUT2D eigenvalue weighted by Gasteiger charge is 2.23. The highest BCUT2D eigenvalue weighted by Crippen LogP contribution is 2.12. The average Bonchev–Trinajstić information content (AvgIpc) is 2.37. The fourth-order valence-electron chi connectivity index (χ4n) is 1.69. The SMILES string of the molecule is C.C.C.CC(=O)OC(C)(C)C.CC(C)(C)OC(=O)CC(=O)OC(C)(C)C.CC(C)(C)OCOC(C)(C)C. The van der Waals surface area contributed by atoms with E-state index in [1.54, 1.807) is 41.5 Å². The lowest BCUT2D eigenvalue weighted by molar-refractivity contribution is -0.166. The van der Waals surface area contributed by atoms with Gasteiger partial charge in [-0.15, -0.1) is 0 Å². The van der Waals surface area contributed by atoms with Gasteiger partial charge >= 0.3 is 17.9 Å². The summed E-state index contributed by atoms with van der Waals surface area (Å²) >= 11 is 0. The van der Waals surface area contributed by atoms with Crippen molar-refractivity contribution in [3.63, 3.8) is 0 Å². The second-order valence-electron chi connectivity index (χ2n) is 12.7. The summed E-state index contributed by atoms with van der Waals surface area (Å²) in [5, 5.41) is 0. The van der Waals surface area contributed by atoms with Crippen LogP contribution in [0.15, 0.2) is 0 Å². The molecule has 0 aromatic heterocycles. The van der Waals surface area contributed by atoms with E-state index in [-0.39, 0.29) is 51.5 Å². The van der Waals surface area contributed by atoms with Crippen LogP contribution in [0.5, 0.6) is 0 Å². The maximum absolute atomic E-state index is 11.2. The van der Waals surface area contributed by atoms with Crippen LogP contribution in [0.3, 0.4) is 0 Å². The molecule has 0 aromatic rings. The van der Waals surface area contributed by atoms with Crippen molar-refractivity contribution in [3.05, 3.63) is 0 Å². The fraction of sp³-hybridized carbons (Fsp3) is 0.897. The van der Waals surface area contributed by atoms with Gasteiger partial charge in [0.15, 0.2) is 0 Å². The van der Waals surface area contributed by atoms with Crippen molar-refractivity contribution in [2.75, 3.05) is 6.79 Å². The monoisotopic (exact) mass is 540 g/mol. The number of hydrogen-bond donors (Lipinski definition) is 0. The number of esters is 3. The molecule has 0 saturated carbocycles. The van der Waals surface area contributed by atoms with Gasteiger partial charge in [0, 0.05) is 6.92 Å². The number of ether oxygens (including phenoxy) is 5. The van der Waals surface area contributed by atoms with Crippen LogP contribution in [0.1, 0.15) is 139 Å². The van der Waals surface area contributed by atoms with Gasteiger partial charge in [-0.1, -0.05) is 22.3 Å². The number of carbonyl (C=O) groups excluding carboxylic acids is 3. The molecule has 0 aliphatic carbocycles. The van der Waals surface area contributed by atoms with Crippen molar-refractivity contribution in [2.24, 2.45) is 0 Å². The van der Waals surface area contributed by atoms with E-state index in [1.165, 1.54) is 6.92 Å². The fourth-order valence-corrected chi connectivity index (χ4v) is 1.69. The third-order valence-electron chi connectivity index (χ3n) is 2.56. The molecule has 0 spiro atoms. The molecule has 0 heterocycles. The molecule has 8 nitrogen and oxygen atoms in total. The van der Waals surface area contributed by atoms with Crippen LogP contribution in [0.25, 0.3) is 0 Å². The minimum absolute atomic E-state index is 0. The van der Waals surface area contributed by atoms with Gasteiger partial charge in [0.25, 0.3) is 0 Å². The van der Waals surface area contributed by atoms with E-state index in [1.807, 2.05) is 62.3 Å². The number of hydrogen-bond acceptors (Lipinski definition) is 8. The lowest BCUT2D eigenvalue weighted by Crippen LogP contribution is -2.29. The van der Waals surface area contributed by atoms with Gasteiger partial charge in [-0.2, -0.15) is 0 Å². The lowest BCUT2D eigenvalue weighted by atomic mass is 10.2. The summed E-state index contributed by atoms with van der Waals surface area (Å²) in [6.45, 7) is 29.9. The molecule has 0 atom stereocenters. The first-order chi connectivity index (χ1) is 14.6. The Kier molecular flexibility index (Phi) is 25.4. The van der Waals surface area contributed by atoms with Crippen LogP contribution in [-0.2, 0) is 38.1 Å². The molecule has 0 bridgehead atoms. The lowest BCUT2D eigenvalue weighted by Gasteiger charge is -2.24. The quantitative estimate of drug-likeness (QED) is 0.154. The zero-order valence-corrected chi connectivity index (χ0v) is 24.7. The Morgan fingerprint density at radius 1 is 0.459 bits per heavy atom. The highest BCUT2D eigenvalue weighted by atomic mass is 16.7. The molecule has 0 fully saturated rings. The normalized spacial score (nSPS) is 11.4. The van der Waals surface area contributed by atoms with Gasteiger partial charge in [0.1, 0.15) is 30.0 Å². The maximum atomic E-state index is 11.2. The molecule has 0 rings (SSSR count). The molecule has 0 N–H and O–H groups in total. The van der Waals surface area contributed by atoms with E-state index < -0.39 is 23.1 Å². The van der Waals surface area contributed by atoms with E-state index in [0.29, 0.717) is 6.79 Å². The summed E-state index contributed by atoms with van der Waals surface area (Å²) in [5.41, 5.74) is -1.68. The molecule has 0 aliphatic heterocycles. The maximum Gasteiger partial charge on any atom is 0.317 e. The number of carbonyl (C=O) groups is 3. The van der Waals surface area contributed by atoms with Gasteiger partial charge in [-0.25, -0.2) is 0 Å². The molecule has 0 radical (unpaired) electrons. The van der Waals surface area contributed by atoms with E-state index in [0.717, 1.165) is 0 Å². The molecule has 0 aliphatic rings. The van der Waals surface area contributed by atoms with E-state index in [9.17, 15) is 14.4 Å². The largest absolute Gasteiger partial charge is 0.460 e. The summed E-state index contributed by atoms with van der Waals surface area (Å²) in [6.07, 6.45) is -0.339. The molecule has 0 amide bonds. The molecular weight excluding hydrogens is 476 g/mol. The zero-order valence-electron chi connectivity index (χ0n) is 24.7. The number of rotatable bonds is 4. The van der Waals surface area contributed by atoms with Crippen molar-refractivity contribution in [1.29, 1.82) is 0 Å². The predicted molar refractivity (Wildman–Crippen MR) is 155 cm³/mol. The van der Waals surface area contributed by atoms with Crippen molar-refractivity contribution in [2.45, 2.75) is 167 Å². The Morgan fingerprint density at radius 2 is 0.703 bits per heavy atom. The average molecular weight is 541 g/mol. The van der Waals surface area contributed by atoms with Crippen molar-refractivity contribution < 1.29 is 38.1 Å². The van der Waals surface area contributed by atoms with Crippen molar-refractivity contribution in [3.8, 4) is 0 Å². The first-order valence-electron chi connectivity index (χ1n) is 11.5. The second kappa shape index (κ2) is 19.4. The molecular formula is C29H64O8. The molecule has 37 heavy (non-hydrogen) atoms. The third-order valence-corrected chi connectivity index (χ3v) is 2.56. The van der Waals surface area contributed by atoms with E-state index >= 15 is 0 Å². The Bertz CT molecular complexity index is 564. The topological polar surface area (TPSA) is 97.4 Å². The standard InChI is InChI=1S/C11H20O4.C9H20O2.C6H12O2.3CH4/c1-10(2,3)14-8(12)7-9(13)15-11(4,5)6;1-8(2,3)10-7-11-9(4,5)6;1-5(7)8-6(2,3)4;;;/h7H2,1-6H3;7H2,1-6H3;1-4H3;3*1H4. The van der Waals surface area contributed by atoms with Gasteiger partial charge in [-0.3, -0.25) is 14.4 Å². The first kappa shape index (κ1) is 48.4. The third kappa shape index (κ3) is 55.9. The summed E-state index contributed by atoms with van der Waals surface area (Å²) < 4.78 is 25.5. The minimum atomic E-state index is -0.570. The summed E-state index contributed by atoms with van der Waals surface area (Å²) in [5.74, 6) is -1.34. The summed E-state index contributed by atoms with van der Waals surface area (Å²) in [7, 11) is 0. The molecule has 0 saturated heterocycles. The highest BCUT2D eigenvalue weighted by molar-refractivity contribution is 5.91. The molecule has 0 aromatic carbocycles. The van der Waals surface area contributed by atoms with Gasteiger partial charge in [0.05, 0.1) is 11.2 Å². The Morgan fingerprint density at radius 3 is 0.838 bits per heavy atom. The second-order valence-corrected chi connectivity index (χ2v) is 12.7. The van der Waals surface area contributed by atoms with Crippen LogP contribution < -0.4 is 0 Å². The van der Waals surface area contributed by atoms with Crippen LogP contribution in [0, 0.1) is 0 Å². The molecule has 228 valence electrons. The predicted octanol–water partition coefficient (Wildman–Crippen LogP) is 7.89. The van der Waals surface area contributed by atoms with Crippen LogP contribution in [-0.4, -0.2) is 52.7 Å². The Hall–Kier alpha value is -1.67. The summed E-state index contributed by atoms with van der Waals surface area (Å²) in [4.78, 5) is 32.7. The van der Waals surface area contributed by atoms with E-state index in [4.69, 9.17) is 23.7 Å². The van der Waals surface area contributed by atoms with Crippen LogP contribution in [0.2, 0.25) is 0 Å². The molecule has 0 unspecified atom stereocenters. The first-order valence-corrected chi connectivity index (χ1v) is 11.5. The van der Waals surface area contributed by atoms with Crippen LogP contribution >= 0.6 is 0 Å². The zero-order chi connectivity index (χ0) is 28.2. The van der Waals surface area contributed by atoms with Gasteiger partial charge in [-0.05, 0) is 104 Å². The van der Waals surface area contributed by atoms with Crippen molar-refractivity contribution >= 4 is 17.9 Å². The minimum Gasteiger partial charge on any atom is -0.460 e. The van der Waals surface area contributed by atoms with Crippen LogP contribution in [0.4, 0.5) is 0 Å². The van der Waals surface area contributed by atoms with Gasteiger partial charge in [0.2, 0.25) is 0 Å². The van der Waals surface area contributed by atoms with Crippen molar-refractivity contribution in [1.82, 2.24) is 0 Å².